The number of nitrogens with zero attached hydrogens (tertiary/aromatic N) is 1. The van der Waals surface area contributed by atoms with Gasteiger partial charge in [0.05, 0.1) is 5.69 Å². The monoisotopic (exact) mass is 581 g/mol. The molecule has 0 saturated heterocycles. The van der Waals surface area contributed by atoms with Crippen molar-refractivity contribution in [2.75, 3.05) is 10.6 Å². The van der Waals surface area contributed by atoms with E-state index in [1.807, 2.05) is 115 Å². The van der Waals surface area contributed by atoms with Crippen molar-refractivity contribution in [3.8, 4) is 11.3 Å². The van der Waals surface area contributed by atoms with Gasteiger partial charge in [-0.25, -0.2) is 4.98 Å². The smallest absolute Gasteiger partial charge is 0.248 e. The van der Waals surface area contributed by atoms with E-state index in [2.05, 4.69) is 15.6 Å². The first kappa shape index (κ1) is 27.4. The van der Waals surface area contributed by atoms with Gasteiger partial charge in [0.2, 0.25) is 11.8 Å². The van der Waals surface area contributed by atoms with E-state index in [1.54, 1.807) is 6.08 Å². The van der Waals surface area contributed by atoms with E-state index in [1.165, 1.54) is 29.2 Å². The number of carbonyl (C=O) groups is 2. The second kappa shape index (κ2) is 13.3. The van der Waals surface area contributed by atoms with Crippen LogP contribution in [0.4, 0.5) is 10.8 Å². The minimum Gasteiger partial charge on any atom is -0.323 e. The summed E-state index contributed by atoms with van der Waals surface area (Å²) in [7, 11) is 0. The van der Waals surface area contributed by atoms with Crippen LogP contribution in [0.25, 0.3) is 17.3 Å². The van der Waals surface area contributed by atoms with Crippen LogP contribution in [0.5, 0.6) is 0 Å². The highest BCUT2D eigenvalue weighted by Gasteiger charge is 2.23. The molecule has 8 heteroatoms. The maximum atomic E-state index is 13.5. The molecule has 0 aliphatic carbocycles. The Morgan fingerprint density at radius 3 is 2.20 bits per heavy atom. The molecule has 0 spiro atoms. The number of carbonyl (C=O) groups excluding carboxylic acids is 2. The van der Waals surface area contributed by atoms with Crippen molar-refractivity contribution in [1.29, 1.82) is 0 Å². The number of hydrogen-bond donors (Lipinski definition) is 2. The Morgan fingerprint density at radius 2 is 1.50 bits per heavy atom. The number of nitrogens with one attached hydrogen (secondary N) is 2. The van der Waals surface area contributed by atoms with Gasteiger partial charge in [0.15, 0.2) is 5.13 Å². The van der Waals surface area contributed by atoms with Crippen LogP contribution in [-0.2, 0) is 9.59 Å². The lowest BCUT2D eigenvalue weighted by Gasteiger charge is -2.16. The van der Waals surface area contributed by atoms with Gasteiger partial charge in [-0.05, 0) is 53.6 Å². The summed E-state index contributed by atoms with van der Waals surface area (Å²) < 4.78 is 0. The van der Waals surface area contributed by atoms with Crippen molar-refractivity contribution in [3.05, 3.63) is 137 Å². The number of hydrogen-bond acceptors (Lipinski definition) is 5. The number of anilines is 2. The molecule has 40 heavy (non-hydrogen) atoms. The maximum Gasteiger partial charge on any atom is 0.248 e. The van der Waals surface area contributed by atoms with Crippen molar-refractivity contribution >= 4 is 63.4 Å². The summed E-state index contributed by atoms with van der Waals surface area (Å²) in [6, 6.07) is 34.1. The van der Waals surface area contributed by atoms with Crippen molar-refractivity contribution < 1.29 is 9.59 Å². The zero-order valence-electron chi connectivity index (χ0n) is 21.2. The van der Waals surface area contributed by atoms with Crippen LogP contribution in [0.1, 0.15) is 16.4 Å². The summed E-state index contributed by atoms with van der Waals surface area (Å²) >= 11 is 8.81. The Hall–Kier alpha value is -4.17. The summed E-state index contributed by atoms with van der Waals surface area (Å²) in [4.78, 5) is 31.3. The minimum absolute atomic E-state index is 0.170. The van der Waals surface area contributed by atoms with Crippen molar-refractivity contribution in [2.24, 2.45) is 0 Å². The fraction of sp³-hybridized carbons (Fsp3) is 0.0312. The van der Waals surface area contributed by atoms with E-state index in [0.29, 0.717) is 15.8 Å². The van der Waals surface area contributed by atoms with Gasteiger partial charge < -0.3 is 10.6 Å². The van der Waals surface area contributed by atoms with Gasteiger partial charge in [0.25, 0.3) is 0 Å². The lowest BCUT2D eigenvalue weighted by atomic mass is 10.1. The molecule has 0 aliphatic rings. The highest BCUT2D eigenvalue weighted by Crippen LogP contribution is 2.37. The zero-order chi connectivity index (χ0) is 27.7. The highest BCUT2D eigenvalue weighted by molar-refractivity contribution is 8.00. The molecular formula is C32H24ClN3O2S2. The van der Waals surface area contributed by atoms with Crippen LogP contribution in [0.2, 0.25) is 5.02 Å². The average Bonchev–Trinajstić information content (AvgIpc) is 3.45. The average molecular weight is 582 g/mol. The molecular weight excluding hydrogens is 558 g/mol. The molecule has 0 saturated carbocycles. The molecule has 2 amide bonds. The first-order chi connectivity index (χ1) is 19.5. The fourth-order valence-electron chi connectivity index (χ4n) is 3.83. The SMILES string of the molecule is O=C(/C=C/c1ccccc1)Nc1ccc(SC(C(=O)Nc2nc(-c3ccc(Cl)cc3)cs2)c2ccccc2)cc1. The number of amides is 2. The van der Waals surface area contributed by atoms with Crippen molar-refractivity contribution in [3.63, 3.8) is 0 Å². The van der Waals surface area contributed by atoms with Gasteiger partial charge in [-0.15, -0.1) is 23.1 Å². The number of benzene rings is 4. The van der Waals surface area contributed by atoms with Crippen LogP contribution < -0.4 is 10.6 Å². The molecule has 198 valence electrons. The summed E-state index contributed by atoms with van der Waals surface area (Å²) in [6.07, 6.45) is 3.27. The van der Waals surface area contributed by atoms with Gasteiger partial charge >= 0.3 is 0 Å². The Morgan fingerprint density at radius 1 is 0.825 bits per heavy atom. The Kier molecular flexibility index (Phi) is 9.08. The van der Waals surface area contributed by atoms with E-state index in [0.717, 1.165) is 27.3 Å². The molecule has 5 nitrogen and oxygen atoms in total. The minimum atomic E-state index is -0.502. The Balaban J connectivity index is 1.26. The van der Waals surface area contributed by atoms with E-state index in [9.17, 15) is 9.59 Å². The Bertz CT molecular complexity index is 1600. The molecule has 1 aromatic heterocycles. The first-order valence-corrected chi connectivity index (χ1v) is 14.6. The zero-order valence-corrected chi connectivity index (χ0v) is 23.5. The summed E-state index contributed by atoms with van der Waals surface area (Å²) in [5.74, 6) is -0.385. The molecule has 0 radical (unpaired) electrons. The first-order valence-electron chi connectivity index (χ1n) is 12.4. The normalized spacial score (nSPS) is 11.7. The fourth-order valence-corrected chi connectivity index (χ4v) is 5.70. The predicted octanol–water partition coefficient (Wildman–Crippen LogP) is 8.59. The van der Waals surface area contributed by atoms with E-state index in [-0.39, 0.29) is 11.8 Å². The number of thiazole rings is 1. The lowest BCUT2D eigenvalue weighted by molar-refractivity contribution is -0.116. The van der Waals surface area contributed by atoms with Crippen LogP contribution in [0.3, 0.4) is 0 Å². The topological polar surface area (TPSA) is 71.1 Å². The van der Waals surface area contributed by atoms with Gasteiger partial charge in [-0.3, -0.25) is 9.59 Å². The molecule has 1 atom stereocenters. The third-order valence-electron chi connectivity index (χ3n) is 5.82. The van der Waals surface area contributed by atoms with Crippen LogP contribution in [0, 0.1) is 0 Å². The second-order valence-electron chi connectivity index (χ2n) is 8.70. The van der Waals surface area contributed by atoms with Gasteiger partial charge in [-0.2, -0.15) is 0 Å². The quantitative estimate of drug-likeness (QED) is 0.135. The lowest BCUT2D eigenvalue weighted by Crippen LogP contribution is -2.19. The largest absolute Gasteiger partial charge is 0.323 e. The molecule has 0 fully saturated rings. The number of halogens is 1. The van der Waals surface area contributed by atoms with Crippen molar-refractivity contribution in [2.45, 2.75) is 10.1 Å². The van der Waals surface area contributed by atoms with E-state index in [4.69, 9.17) is 11.6 Å². The van der Waals surface area contributed by atoms with E-state index < -0.39 is 5.25 Å². The number of thioether (sulfide) groups is 1. The third kappa shape index (κ3) is 7.48. The molecule has 1 heterocycles. The summed E-state index contributed by atoms with van der Waals surface area (Å²) in [6.45, 7) is 0. The molecule has 2 N–H and O–H groups in total. The van der Waals surface area contributed by atoms with Crippen LogP contribution in [0.15, 0.2) is 126 Å². The Labute approximate surface area is 246 Å². The van der Waals surface area contributed by atoms with Gasteiger partial charge in [0.1, 0.15) is 5.25 Å². The number of rotatable bonds is 9. The molecule has 0 bridgehead atoms. The van der Waals surface area contributed by atoms with Crippen LogP contribution in [-0.4, -0.2) is 16.8 Å². The van der Waals surface area contributed by atoms with Gasteiger partial charge in [-0.1, -0.05) is 84.4 Å². The predicted molar refractivity (Wildman–Crippen MR) is 167 cm³/mol. The second-order valence-corrected chi connectivity index (χ2v) is 11.2. The third-order valence-corrected chi connectivity index (χ3v) is 8.09. The summed E-state index contributed by atoms with van der Waals surface area (Å²) in [5, 5.41) is 8.45. The van der Waals surface area contributed by atoms with Crippen LogP contribution >= 0.6 is 34.7 Å². The van der Waals surface area contributed by atoms with Crippen molar-refractivity contribution in [1.82, 2.24) is 4.98 Å². The highest BCUT2D eigenvalue weighted by atomic mass is 35.5. The number of aromatic nitrogens is 1. The molecule has 1 unspecified atom stereocenters. The molecule has 5 aromatic rings. The van der Waals surface area contributed by atoms with Gasteiger partial charge in [0, 0.05) is 32.6 Å². The standard InChI is InChI=1S/C32H24ClN3O2S2/c33-25-14-12-23(13-15-25)28-21-39-32(35-28)36-31(38)30(24-9-5-2-6-10-24)40-27-18-16-26(17-19-27)34-29(37)20-11-22-7-3-1-4-8-22/h1-21,30H,(H,34,37)(H,35,36,38)/b20-11+. The maximum absolute atomic E-state index is 13.5. The molecule has 4 aromatic carbocycles. The molecule has 5 rings (SSSR count). The summed E-state index contributed by atoms with van der Waals surface area (Å²) in [5.41, 5.74) is 4.21. The molecule has 0 aliphatic heterocycles. The van der Waals surface area contributed by atoms with E-state index >= 15 is 0 Å².